The summed E-state index contributed by atoms with van der Waals surface area (Å²) in [4.78, 5) is 0.262. The van der Waals surface area contributed by atoms with Crippen molar-refractivity contribution in [1.29, 1.82) is 0 Å². The Kier molecular flexibility index (Phi) is 4.39. The SMILES string of the molecule is NC(=S)c1ccc(Oc2ccc(F)c(Br)c2)c(Cl)c1. The second kappa shape index (κ2) is 5.86. The van der Waals surface area contributed by atoms with Crippen molar-refractivity contribution in [2.75, 3.05) is 0 Å². The van der Waals surface area contributed by atoms with Crippen LogP contribution in [0.4, 0.5) is 4.39 Å². The van der Waals surface area contributed by atoms with Crippen molar-refractivity contribution in [3.05, 3.63) is 57.3 Å². The van der Waals surface area contributed by atoms with Gasteiger partial charge < -0.3 is 10.5 Å². The quantitative estimate of drug-likeness (QED) is 0.808. The van der Waals surface area contributed by atoms with Crippen LogP contribution in [0, 0.1) is 5.82 Å². The molecule has 0 radical (unpaired) electrons. The minimum atomic E-state index is -0.359. The van der Waals surface area contributed by atoms with Gasteiger partial charge >= 0.3 is 0 Å². The van der Waals surface area contributed by atoms with Crippen LogP contribution < -0.4 is 10.5 Å². The molecule has 0 fully saturated rings. The molecule has 0 atom stereocenters. The maximum Gasteiger partial charge on any atom is 0.146 e. The summed E-state index contributed by atoms with van der Waals surface area (Å²) in [6, 6.07) is 9.33. The lowest BCUT2D eigenvalue weighted by Gasteiger charge is -2.09. The Morgan fingerprint density at radius 2 is 2.00 bits per heavy atom. The monoisotopic (exact) mass is 359 g/mol. The molecule has 0 amide bonds. The maximum atomic E-state index is 13.1. The molecule has 0 aliphatic carbocycles. The van der Waals surface area contributed by atoms with Crippen molar-refractivity contribution >= 4 is 44.7 Å². The van der Waals surface area contributed by atoms with E-state index in [2.05, 4.69) is 15.9 Å². The van der Waals surface area contributed by atoms with Crippen molar-refractivity contribution in [3.8, 4) is 11.5 Å². The van der Waals surface area contributed by atoms with Gasteiger partial charge in [-0.3, -0.25) is 0 Å². The molecule has 2 N–H and O–H groups in total. The zero-order valence-electron chi connectivity index (χ0n) is 9.49. The van der Waals surface area contributed by atoms with Crippen LogP contribution in [-0.4, -0.2) is 4.99 Å². The molecule has 0 spiro atoms. The third-order valence-corrected chi connectivity index (χ3v) is 3.47. The summed E-state index contributed by atoms with van der Waals surface area (Å²) in [6.45, 7) is 0. The molecule has 6 heteroatoms. The highest BCUT2D eigenvalue weighted by Crippen LogP contribution is 2.31. The van der Waals surface area contributed by atoms with Crippen LogP contribution in [-0.2, 0) is 0 Å². The fourth-order valence-corrected chi connectivity index (χ4v) is 2.11. The third kappa shape index (κ3) is 3.43. The van der Waals surface area contributed by atoms with Gasteiger partial charge in [0.1, 0.15) is 22.3 Å². The molecule has 0 unspecified atom stereocenters. The number of thiocarbonyl (C=S) groups is 1. The first-order chi connectivity index (χ1) is 8.97. The average molecular weight is 361 g/mol. The van der Waals surface area contributed by atoms with Crippen molar-refractivity contribution < 1.29 is 9.13 Å². The van der Waals surface area contributed by atoms with E-state index in [1.54, 1.807) is 18.2 Å². The Morgan fingerprint density at radius 1 is 1.26 bits per heavy atom. The van der Waals surface area contributed by atoms with E-state index in [0.29, 0.717) is 26.6 Å². The molecular weight excluding hydrogens is 353 g/mol. The zero-order valence-corrected chi connectivity index (χ0v) is 12.7. The van der Waals surface area contributed by atoms with Crippen molar-refractivity contribution in [2.24, 2.45) is 5.73 Å². The molecule has 2 rings (SSSR count). The first-order valence-corrected chi connectivity index (χ1v) is 6.77. The lowest BCUT2D eigenvalue weighted by atomic mass is 10.2. The van der Waals surface area contributed by atoms with E-state index in [4.69, 9.17) is 34.3 Å². The van der Waals surface area contributed by atoms with Crippen LogP contribution in [0.2, 0.25) is 5.02 Å². The smallest absolute Gasteiger partial charge is 0.146 e. The van der Waals surface area contributed by atoms with Gasteiger partial charge in [-0.2, -0.15) is 0 Å². The Hall–Kier alpha value is -1.17. The van der Waals surface area contributed by atoms with Gasteiger partial charge in [-0.25, -0.2) is 4.39 Å². The fourth-order valence-electron chi connectivity index (χ4n) is 1.40. The second-order valence-electron chi connectivity index (χ2n) is 3.69. The van der Waals surface area contributed by atoms with Crippen molar-refractivity contribution in [2.45, 2.75) is 0 Å². The van der Waals surface area contributed by atoms with Gasteiger partial charge in [0, 0.05) is 5.56 Å². The predicted octanol–water partition coefficient (Wildman–Crippen LogP) is 4.67. The Balaban J connectivity index is 2.28. The van der Waals surface area contributed by atoms with E-state index in [0.717, 1.165) is 0 Å². The summed E-state index contributed by atoms with van der Waals surface area (Å²) in [7, 11) is 0. The molecule has 98 valence electrons. The summed E-state index contributed by atoms with van der Waals surface area (Å²) in [5.74, 6) is 0.556. The number of nitrogens with two attached hydrogens (primary N) is 1. The van der Waals surface area contributed by atoms with E-state index in [9.17, 15) is 4.39 Å². The van der Waals surface area contributed by atoms with E-state index < -0.39 is 0 Å². The Labute approximate surface area is 128 Å². The normalized spacial score (nSPS) is 10.3. The molecule has 19 heavy (non-hydrogen) atoms. The maximum absolute atomic E-state index is 13.1. The number of hydrogen-bond acceptors (Lipinski definition) is 2. The van der Waals surface area contributed by atoms with Crippen LogP contribution in [0.15, 0.2) is 40.9 Å². The van der Waals surface area contributed by atoms with Gasteiger partial charge in [0.05, 0.1) is 9.50 Å². The molecule has 0 aliphatic heterocycles. The van der Waals surface area contributed by atoms with Crippen LogP contribution in [0.25, 0.3) is 0 Å². The van der Waals surface area contributed by atoms with Crippen LogP contribution in [0.3, 0.4) is 0 Å². The van der Waals surface area contributed by atoms with E-state index >= 15 is 0 Å². The van der Waals surface area contributed by atoms with Crippen molar-refractivity contribution in [1.82, 2.24) is 0 Å². The summed E-state index contributed by atoms with van der Waals surface area (Å²) < 4.78 is 19.0. The van der Waals surface area contributed by atoms with E-state index in [1.165, 1.54) is 18.2 Å². The first-order valence-electron chi connectivity index (χ1n) is 5.19. The van der Waals surface area contributed by atoms with Gasteiger partial charge in [0.25, 0.3) is 0 Å². The molecule has 0 bridgehead atoms. The van der Waals surface area contributed by atoms with Crippen molar-refractivity contribution in [3.63, 3.8) is 0 Å². The molecular formula is C13H8BrClFNOS. The summed E-state index contributed by atoms with van der Waals surface area (Å²) in [5, 5.41) is 0.380. The summed E-state index contributed by atoms with van der Waals surface area (Å²) >= 11 is 14.0. The van der Waals surface area contributed by atoms with Crippen LogP contribution in [0.1, 0.15) is 5.56 Å². The van der Waals surface area contributed by atoms with E-state index in [-0.39, 0.29) is 10.8 Å². The highest BCUT2D eigenvalue weighted by molar-refractivity contribution is 9.10. The first kappa shape index (κ1) is 14.2. The molecule has 2 nitrogen and oxygen atoms in total. The summed E-state index contributed by atoms with van der Waals surface area (Å²) in [5.41, 5.74) is 6.17. The predicted molar refractivity (Wildman–Crippen MR) is 81.5 cm³/mol. The molecule has 2 aromatic carbocycles. The highest BCUT2D eigenvalue weighted by atomic mass is 79.9. The fraction of sp³-hybridized carbons (Fsp3) is 0. The molecule has 2 aromatic rings. The topological polar surface area (TPSA) is 35.2 Å². The largest absolute Gasteiger partial charge is 0.456 e. The standard InChI is InChI=1S/C13H8BrClFNOS/c14-9-6-8(2-3-11(9)16)18-12-4-1-7(13(17)19)5-10(12)15/h1-6H,(H2,17,19). The van der Waals surface area contributed by atoms with Crippen LogP contribution in [0.5, 0.6) is 11.5 Å². The van der Waals surface area contributed by atoms with Gasteiger partial charge in [0.15, 0.2) is 0 Å². The summed E-state index contributed by atoms with van der Waals surface area (Å²) in [6.07, 6.45) is 0. The van der Waals surface area contributed by atoms with E-state index in [1.807, 2.05) is 0 Å². The number of benzene rings is 2. The highest BCUT2D eigenvalue weighted by Gasteiger charge is 2.07. The molecule has 0 heterocycles. The second-order valence-corrected chi connectivity index (χ2v) is 5.39. The number of halogens is 3. The molecule has 0 saturated carbocycles. The molecule has 0 aliphatic rings. The minimum Gasteiger partial charge on any atom is -0.456 e. The number of rotatable bonds is 3. The lowest BCUT2D eigenvalue weighted by Crippen LogP contribution is -2.08. The minimum absolute atomic E-state index is 0.262. The molecule has 0 aromatic heterocycles. The van der Waals surface area contributed by atoms with Gasteiger partial charge in [-0.05, 0) is 52.3 Å². The molecule has 0 saturated heterocycles. The third-order valence-electron chi connectivity index (χ3n) is 2.34. The number of ether oxygens (including phenoxy) is 1. The average Bonchev–Trinajstić information content (AvgIpc) is 2.36. The lowest BCUT2D eigenvalue weighted by molar-refractivity contribution is 0.480. The zero-order chi connectivity index (χ0) is 14.0. The van der Waals surface area contributed by atoms with Gasteiger partial charge in [-0.15, -0.1) is 0 Å². The Morgan fingerprint density at radius 3 is 2.58 bits per heavy atom. The van der Waals surface area contributed by atoms with Crippen LogP contribution >= 0.6 is 39.7 Å². The Bertz CT molecular complexity index is 651. The van der Waals surface area contributed by atoms with Gasteiger partial charge in [-0.1, -0.05) is 23.8 Å². The van der Waals surface area contributed by atoms with Gasteiger partial charge in [0.2, 0.25) is 0 Å². The number of hydrogen-bond donors (Lipinski definition) is 1.